The van der Waals surface area contributed by atoms with Crippen LogP contribution in [0, 0.1) is 0 Å². The standard InChI is InChI=1S/C16H13BrN2O2/c17-13-7-12(8-18-9-13)16(21)11-4-5-14-10(6-11)2-1-3-15(20)19-14/h4-9H,1-3H2,(H,19,20). The van der Waals surface area contributed by atoms with E-state index >= 15 is 0 Å². The van der Waals surface area contributed by atoms with Crippen molar-refractivity contribution in [3.8, 4) is 0 Å². The first-order chi connectivity index (χ1) is 10.1. The topological polar surface area (TPSA) is 59.1 Å². The van der Waals surface area contributed by atoms with Gasteiger partial charge >= 0.3 is 0 Å². The summed E-state index contributed by atoms with van der Waals surface area (Å²) in [5.74, 6) is -0.0359. The van der Waals surface area contributed by atoms with Crippen molar-refractivity contribution < 1.29 is 9.59 Å². The molecule has 1 amide bonds. The Morgan fingerprint density at radius 2 is 2.00 bits per heavy atom. The molecule has 0 spiro atoms. The van der Waals surface area contributed by atoms with Crippen LogP contribution in [0.1, 0.15) is 34.3 Å². The van der Waals surface area contributed by atoms with Crippen LogP contribution in [0.5, 0.6) is 0 Å². The maximum atomic E-state index is 12.5. The van der Waals surface area contributed by atoms with E-state index in [2.05, 4.69) is 26.2 Å². The zero-order chi connectivity index (χ0) is 14.8. The van der Waals surface area contributed by atoms with E-state index in [1.807, 2.05) is 6.07 Å². The maximum Gasteiger partial charge on any atom is 0.224 e. The molecule has 1 aliphatic heterocycles. The van der Waals surface area contributed by atoms with Crippen LogP contribution in [0.25, 0.3) is 0 Å². The first kappa shape index (κ1) is 13.9. The number of carbonyl (C=O) groups is 2. The van der Waals surface area contributed by atoms with Crippen LogP contribution in [0.3, 0.4) is 0 Å². The summed E-state index contributed by atoms with van der Waals surface area (Å²) in [5.41, 5.74) is 2.97. The van der Waals surface area contributed by atoms with Gasteiger partial charge in [-0.3, -0.25) is 14.6 Å². The highest BCUT2D eigenvalue weighted by molar-refractivity contribution is 9.10. The molecule has 1 aliphatic rings. The molecule has 3 rings (SSSR count). The van der Waals surface area contributed by atoms with E-state index < -0.39 is 0 Å². The van der Waals surface area contributed by atoms with Gasteiger partial charge in [-0.2, -0.15) is 0 Å². The number of rotatable bonds is 2. The Morgan fingerprint density at radius 1 is 1.14 bits per heavy atom. The molecule has 0 saturated heterocycles. The van der Waals surface area contributed by atoms with Gasteiger partial charge in [-0.25, -0.2) is 0 Å². The molecule has 1 aromatic heterocycles. The number of nitrogens with one attached hydrogen (secondary N) is 1. The summed E-state index contributed by atoms with van der Waals surface area (Å²) in [4.78, 5) is 28.0. The fourth-order valence-corrected chi connectivity index (χ4v) is 2.78. The number of anilines is 1. The van der Waals surface area contributed by atoms with Gasteiger partial charge < -0.3 is 5.32 Å². The molecule has 0 fully saturated rings. The minimum Gasteiger partial charge on any atom is -0.326 e. The predicted octanol–water partition coefficient (Wildman–Crippen LogP) is 3.35. The molecule has 2 aromatic rings. The van der Waals surface area contributed by atoms with Crippen molar-refractivity contribution in [1.29, 1.82) is 0 Å². The predicted molar refractivity (Wildman–Crippen MR) is 83.4 cm³/mol. The number of nitrogens with zero attached hydrogens (tertiary/aromatic N) is 1. The summed E-state index contributed by atoms with van der Waals surface area (Å²) >= 11 is 3.32. The lowest BCUT2D eigenvalue weighted by Crippen LogP contribution is -2.09. The van der Waals surface area contributed by atoms with Crippen molar-refractivity contribution in [3.63, 3.8) is 0 Å². The van der Waals surface area contributed by atoms with Crippen LogP contribution in [-0.2, 0) is 11.2 Å². The molecule has 21 heavy (non-hydrogen) atoms. The summed E-state index contributed by atoms with van der Waals surface area (Å²) in [6.45, 7) is 0. The number of benzene rings is 1. The van der Waals surface area contributed by atoms with E-state index in [-0.39, 0.29) is 11.7 Å². The Balaban J connectivity index is 1.95. The SMILES string of the molecule is O=C1CCCc2cc(C(=O)c3cncc(Br)c3)ccc2N1. The van der Waals surface area contributed by atoms with Gasteiger partial charge in [-0.05, 0) is 58.6 Å². The molecular weight excluding hydrogens is 332 g/mol. The maximum absolute atomic E-state index is 12.5. The van der Waals surface area contributed by atoms with Crippen LogP contribution in [-0.4, -0.2) is 16.7 Å². The van der Waals surface area contributed by atoms with Gasteiger partial charge in [-0.15, -0.1) is 0 Å². The van der Waals surface area contributed by atoms with Crippen LogP contribution in [0.2, 0.25) is 0 Å². The number of hydrogen-bond acceptors (Lipinski definition) is 3. The number of carbonyl (C=O) groups excluding carboxylic acids is 2. The molecule has 4 nitrogen and oxygen atoms in total. The van der Waals surface area contributed by atoms with E-state index in [1.54, 1.807) is 30.6 Å². The highest BCUT2D eigenvalue weighted by Crippen LogP contribution is 2.24. The number of aromatic nitrogens is 1. The van der Waals surface area contributed by atoms with Gasteiger partial charge in [0.25, 0.3) is 0 Å². The molecule has 106 valence electrons. The Kier molecular flexibility index (Phi) is 3.84. The van der Waals surface area contributed by atoms with E-state index in [9.17, 15) is 9.59 Å². The van der Waals surface area contributed by atoms with Gasteiger partial charge in [0.15, 0.2) is 5.78 Å². The van der Waals surface area contributed by atoms with Gasteiger partial charge in [0.2, 0.25) is 5.91 Å². The number of fused-ring (bicyclic) bond motifs is 1. The normalized spacial score (nSPS) is 14.0. The second-order valence-corrected chi connectivity index (χ2v) is 5.91. The number of aryl methyl sites for hydroxylation is 1. The van der Waals surface area contributed by atoms with Crippen LogP contribution >= 0.6 is 15.9 Å². The minimum absolute atomic E-state index is 0.0315. The fourth-order valence-electron chi connectivity index (χ4n) is 2.42. The molecule has 0 aliphatic carbocycles. The second-order valence-electron chi connectivity index (χ2n) is 4.99. The quantitative estimate of drug-likeness (QED) is 0.850. The van der Waals surface area contributed by atoms with E-state index in [4.69, 9.17) is 0 Å². The molecule has 0 bridgehead atoms. The number of hydrogen-bond donors (Lipinski definition) is 1. The van der Waals surface area contributed by atoms with Crippen molar-refractivity contribution in [2.75, 3.05) is 5.32 Å². The summed E-state index contributed by atoms with van der Waals surface area (Å²) in [6, 6.07) is 7.16. The molecule has 1 N–H and O–H groups in total. The number of pyridine rings is 1. The molecule has 1 aromatic carbocycles. The van der Waals surface area contributed by atoms with Crippen LogP contribution < -0.4 is 5.32 Å². The summed E-state index contributed by atoms with van der Waals surface area (Å²) in [5, 5.41) is 2.87. The summed E-state index contributed by atoms with van der Waals surface area (Å²) in [6.07, 6.45) is 5.32. The van der Waals surface area contributed by atoms with Crippen LogP contribution in [0.15, 0.2) is 41.1 Å². The average molecular weight is 345 g/mol. The van der Waals surface area contributed by atoms with Gasteiger partial charge in [0.1, 0.15) is 0 Å². The average Bonchev–Trinajstić information content (AvgIpc) is 2.66. The Morgan fingerprint density at radius 3 is 2.81 bits per heavy atom. The lowest BCUT2D eigenvalue weighted by atomic mass is 9.99. The molecular formula is C16H13BrN2O2. The molecule has 5 heteroatoms. The molecule has 0 saturated carbocycles. The fraction of sp³-hybridized carbons (Fsp3) is 0.188. The molecule has 0 atom stereocenters. The van der Waals surface area contributed by atoms with E-state index in [1.165, 1.54) is 0 Å². The smallest absolute Gasteiger partial charge is 0.224 e. The van der Waals surface area contributed by atoms with Crippen molar-refractivity contribution in [2.24, 2.45) is 0 Å². The summed E-state index contributed by atoms with van der Waals surface area (Å²) < 4.78 is 0.773. The second kappa shape index (κ2) is 5.77. The monoisotopic (exact) mass is 344 g/mol. The zero-order valence-corrected chi connectivity index (χ0v) is 12.8. The first-order valence-electron chi connectivity index (χ1n) is 6.71. The molecule has 0 radical (unpaired) electrons. The highest BCUT2D eigenvalue weighted by atomic mass is 79.9. The van der Waals surface area contributed by atoms with Gasteiger partial charge in [0.05, 0.1) is 0 Å². The lowest BCUT2D eigenvalue weighted by molar-refractivity contribution is -0.116. The molecule has 2 heterocycles. The molecule has 0 unspecified atom stereocenters. The number of ketones is 1. The lowest BCUT2D eigenvalue weighted by Gasteiger charge is -2.09. The third-order valence-electron chi connectivity index (χ3n) is 3.46. The highest BCUT2D eigenvalue weighted by Gasteiger charge is 2.16. The summed E-state index contributed by atoms with van der Waals surface area (Å²) in [7, 11) is 0. The van der Waals surface area contributed by atoms with Crippen molar-refractivity contribution >= 4 is 33.3 Å². The van der Waals surface area contributed by atoms with Crippen molar-refractivity contribution in [3.05, 3.63) is 57.8 Å². The number of halogens is 1. The van der Waals surface area contributed by atoms with Crippen LogP contribution in [0.4, 0.5) is 5.69 Å². The third-order valence-corrected chi connectivity index (χ3v) is 3.89. The Bertz CT molecular complexity index is 728. The Labute approximate surface area is 130 Å². The minimum atomic E-state index is -0.0674. The third kappa shape index (κ3) is 3.03. The van der Waals surface area contributed by atoms with E-state index in [0.29, 0.717) is 17.5 Å². The Hall–Kier alpha value is -2.01. The van der Waals surface area contributed by atoms with Gasteiger partial charge in [-0.1, -0.05) is 0 Å². The number of amides is 1. The first-order valence-corrected chi connectivity index (χ1v) is 7.51. The largest absolute Gasteiger partial charge is 0.326 e. The zero-order valence-electron chi connectivity index (χ0n) is 11.2. The van der Waals surface area contributed by atoms with Crippen molar-refractivity contribution in [1.82, 2.24) is 4.98 Å². The van der Waals surface area contributed by atoms with Gasteiger partial charge in [0, 0.05) is 40.1 Å². The van der Waals surface area contributed by atoms with Crippen molar-refractivity contribution in [2.45, 2.75) is 19.3 Å². The van der Waals surface area contributed by atoms with E-state index in [0.717, 1.165) is 28.6 Å².